The summed E-state index contributed by atoms with van der Waals surface area (Å²) < 4.78 is 0. The zero-order valence-electron chi connectivity index (χ0n) is 6.97. The molecule has 0 saturated carbocycles. The predicted octanol–water partition coefficient (Wildman–Crippen LogP) is 0.545. The lowest BCUT2D eigenvalue weighted by Gasteiger charge is -2.19. The van der Waals surface area contributed by atoms with Gasteiger partial charge in [-0.05, 0) is 26.2 Å². The van der Waals surface area contributed by atoms with Gasteiger partial charge in [-0.1, -0.05) is 6.08 Å². The van der Waals surface area contributed by atoms with Crippen LogP contribution in [0.4, 0.5) is 0 Å². The molecule has 0 unspecified atom stereocenters. The van der Waals surface area contributed by atoms with E-state index in [1.165, 1.54) is 0 Å². The van der Waals surface area contributed by atoms with Crippen molar-refractivity contribution in [1.82, 2.24) is 0 Å². The molecule has 0 fully saturated rings. The molecule has 0 saturated heterocycles. The molecular formula is C8H16N2O. The number of primary amides is 1. The molecule has 4 N–H and O–H groups in total. The summed E-state index contributed by atoms with van der Waals surface area (Å²) in [5.41, 5.74) is 9.80. The van der Waals surface area contributed by atoms with Gasteiger partial charge in [0.1, 0.15) is 0 Å². The Labute approximate surface area is 67.4 Å². The van der Waals surface area contributed by atoms with Crippen molar-refractivity contribution >= 4 is 5.91 Å². The first-order valence-corrected chi connectivity index (χ1v) is 3.70. The van der Waals surface area contributed by atoms with Crippen LogP contribution in [0.1, 0.15) is 26.2 Å². The standard InChI is InChI=1S/C8H16N2O/c1-3-4-5-6-8(2,10)7(9)11/h3H,1,4-6,10H2,2H3,(H2,9,11)/t8-/m0/s1. The maximum atomic E-state index is 10.7. The average Bonchev–Trinajstić information content (AvgIpc) is 1.88. The van der Waals surface area contributed by atoms with E-state index < -0.39 is 11.4 Å². The molecule has 3 heteroatoms. The lowest BCUT2D eigenvalue weighted by molar-refractivity contribution is -0.122. The van der Waals surface area contributed by atoms with E-state index in [-0.39, 0.29) is 0 Å². The van der Waals surface area contributed by atoms with Gasteiger partial charge in [-0.2, -0.15) is 0 Å². The zero-order chi connectivity index (χ0) is 8.91. The van der Waals surface area contributed by atoms with Crippen LogP contribution >= 0.6 is 0 Å². The Bertz CT molecular complexity index is 152. The van der Waals surface area contributed by atoms with E-state index in [1.807, 2.05) is 0 Å². The molecule has 64 valence electrons. The van der Waals surface area contributed by atoms with Crippen molar-refractivity contribution in [2.45, 2.75) is 31.7 Å². The van der Waals surface area contributed by atoms with Crippen LogP contribution in [0.25, 0.3) is 0 Å². The molecule has 0 aromatic rings. The van der Waals surface area contributed by atoms with Gasteiger partial charge in [0.25, 0.3) is 0 Å². The molecule has 0 radical (unpaired) electrons. The van der Waals surface area contributed by atoms with E-state index in [4.69, 9.17) is 11.5 Å². The second-order valence-electron chi connectivity index (χ2n) is 2.96. The fourth-order valence-corrected chi connectivity index (χ4v) is 0.737. The smallest absolute Gasteiger partial charge is 0.237 e. The van der Waals surface area contributed by atoms with E-state index >= 15 is 0 Å². The summed E-state index contributed by atoms with van der Waals surface area (Å²) >= 11 is 0. The Morgan fingerprint density at radius 2 is 2.27 bits per heavy atom. The molecule has 0 aliphatic carbocycles. The molecule has 0 aliphatic heterocycles. The highest BCUT2D eigenvalue weighted by molar-refractivity contribution is 5.83. The van der Waals surface area contributed by atoms with Crippen LogP contribution in [0.2, 0.25) is 0 Å². The minimum Gasteiger partial charge on any atom is -0.368 e. The molecule has 0 spiro atoms. The third-order valence-corrected chi connectivity index (χ3v) is 1.67. The molecule has 1 atom stereocenters. The molecule has 0 aromatic heterocycles. The molecule has 0 bridgehead atoms. The number of carbonyl (C=O) groups excluding carboxylic acids is 1. The number of rotatable bonds is 5. The minimum absolute atomic E-state index is 0.443. The Morgan fingerprint density at radius 1 is 1.73 bits per heavy atom. The normalized spacial score (nSPS) is 15.5. The van der Waals surface area contributed by atoms with Crippen LogP contribution in [0, 0.1) is 0 Å². The maximum absolute atomic E-state index is 10.7. The number of carbonyl (C=O) groups is 1. The number of allylic oxidation sites excluding steroid dienone is 1. The summed E-state index contributed by atoms with van der Waals surface area (Å²) in [6.07, 6.45) is 4.16. The summed E-state index contributed by atoms with van der Waals surface area (Å²) in [4.78, 5) is 10.7. The van der Waals surface area contributed by atoms with E-state index in [9.17, 15) is 4.79 Å². The third-order valence-electron chi connectivity index (χ3n) is 1.67. The van der Waals surface area contributed by atoms with Crippen molar-refractivity contribution in [2.24, 2.45) is 11.5 Å². The van der Waals surface area contributed by atoms with Gasteiger partial charge in [-0.3, -0.25) is 4.79 Å². The van der Waals surface area contributed by atoms with Crippen LogP contribution in [0.15, 0.2) is 12.7 Å². The highest BCUT2D eigenvalue weighted by Gasteiger charge is 2.24. The Morgan fingerprint density at radius 3 is 2.64 bits per heavy atom. The van der Waals surface area contributed by atoms with Gasteiger partial charge in [-0.25, -0.2) is 0 Å². The Hall–Kier alpha value is -0.830. The maximum Gasteiger partial charge on any atom is 0.237 e. The molecule has 0 aliphatic rings. The molecule has 3 nitrogen and oxygen atoms in total. The molecule has 0 rings (SSSR count). The van der Waals surface area contributed by atoms with Crippen molar-refractivity contribution in [3.05, 3.63) is 12.7 Å². The topological polar surface area (TPSA) is 69.1 Å². The lowest BCUT2D eigenvalue weighted by Crippen LogP contribution is -2.49. The van der Waals surface area contributed by atoms with Crippen molar-refractivity contribution < 1.29 is 4.79 Å². The SMILES string of the molecule is C=CCCC[C@](C)(N)C(N)=O. The van der Waals surface area contributed by atoms with Crippen LogP contribution in [0.5, 0.6) is 0 Å². The quantitative estimate of drug-likeness (QED) is 0.450. The Kier molecular flexibility index (Phi) is 3.82. The summed E-state index contributed by atoms with van der Waals surface area (Å²) in [6.45, 7) is 5.22. The number of nitrogens with two attached hydrogens (primary N) is 2. The van der Waals surface area contributed by atoms with Crippen LogP contribution < -0.4 is 11.5 Å². The number of hydrogen-bond donors (Lipinski definition) is 2. The van der Waals surface area contributed by atoms with Gasteiger partial charge in [-0.15, -0.1) is 6.58 Å². The second kappa shape index (κ2) is 4.13. The van der Waals surface area contributed by atoms with Crippen LogP contribution in [-0.2, 0) is 4.79 Å². The number of amides is 1. The first-order valence-electron chi connectivity index (χ1n) is 3.70. The summed E-state index contributed by atoms with van der Waals surface area (Å²) in [6, 6.07) is 0. The summed E-state index contributed by atoms with van der Waals surface area (Å²) in [5, 5.41) is 0. The molecule has 1 amide bonds. The van der Waals surface area contributed by atoms with Crippen molar-refractivity contribution in [1.29, 1.82) is 0 Å². The first kappa shape index (κ1) is 10.2. The third kappa shape index (κ3) is 3.78. The molecule has 11 heavy (non-hydrogen) atoms. The molecular weight excluding hydrogens is 140 g/mol. The number of unbranched alkanes of at least 4 members (excludes halogenated alkanes) is 1. The van der Waals surface area contributed by atoms with Gasteiger partial charge in [0.15, 0.2) is 0 Å². The van der Waals surface area contributed by atoms with E-state index in [0.717, 1.165) is 12.8 Å². The van der Waals surface area contributed by atoms with Gasteiger partial charge in [0.05, 0.1) is 5.54 Å². The zero-order valence-corrected chi connectivity index (χ0v) is 6.97. The van der Waals surface area contributed by atoms with Crippen molar-refractivity contribution in [3.63, 3.8) is 0 Å². The average molecular weight is 156 g/mol. The largest absolute Gasteiger partial charge is 0.368 e. The second-order valence-corrected chi connectivity index (χ2v) is 2.96. The fourth-order valence-electron chi connectivity index (χ4n) is 0.737. The highest BCUT2D eigenvalue weighted by atomic mass is 16.1. The van der Waals surface area contributed by atoms with E-state index in [0.29, 0.717) is 6.42 Å². The van der Waals surface area contributed by atoms with Gasteiger partial charge in [0, 0.05) is 0 Å². The summed E-state index contributed by atoms with van der Waals surface area (Å²) in [5.74, 6) is -0.443. The minimum atomic E-state index is -0.858. The van der Waals surface area contributed by atoms with Crippen LogP contribution in [-0.4, -0.2) is 11.4 Å². The predicted molar refractivity (Wildman–Crippen MR) is 45.8 cm³/mol. The lowest BCUT2D eigenvalue weighted by atomic mass is 9.95. The number of hydrogen-bond acceptors (Lipinski definition) is 2. The fraction of sp³-hybridized carbons (Fsp3) is 0.625. The van der Waals surface area contributed by atoms with Gasteiger partial charge in [0.2, 0.25) is 5.91 Å². The first-order chi connectivity index (χ1) is 5.00. The van der Waals surface area contributed by atoms with Crippen LogP contribution in [0.3, 0.4) is 0 Å². The van der Waals surface area contributed by atoms with Crippen molar-refractivity contribution in [3.8, 4) is 0 Å². The summed E-state index contributed by atoms with van der Waals surface area (Å²) in [7, 11) is 0. The van der Waals surface area contributed by atoms with Crippen molar-refractivity contribution in [2.75, 3.05) is 0 Å². The highest BCUT2D eigenvalue weighted by Crippen LogP contribution is 2.09. The molecule has 0 aromatic carbocycles. The van der Waals surface area contributed by atoms with E-state index in [2.05, 4.69) is 6.58 Å². The van der Waals surface area contributed by atoms with Gasteiger partial charge >= 0.3 is 0 Å². The van der Waals surface area contributed by atoms with E-state index in [1.54, 1.807) is 13.0 Å². The van der Waals surface area contributed by atoms with Gasteiger partial charge < -0.3 is 11.5 Å². The molecule has 0 heterocycles. The Balaban J connectivity index is 3.72. The monoisotopic (exact) mass is 156 g/mol.